The van der Waals surface area contributed by atoms with Crippen molar-refractivity contribution in [2.75, 3.05) is 37.0 Å². The molecule has 8 heteroatoms. The Kier molecular flexibility index (Phi) is 7.00. The first-order valence-electron chi connectivity index (χ1n) is 6.64. The minimum absolute atomic E-state index is 0.0905. The summed E-state index contributed by atoms with van der Waals surface area (Å²) < 4.78 is 4.95. The molecule has 0 atom stereocenters. The van der Waals surface area contributed by atoms with Crippen molar-refractivity contribution in [1.29, 1.82) is 0 Å². The Morgan fingerprint density at radius 1 is 1.32 bits per heavy atom. The van der Waals surface area contributed by atoms with Gasteiger partial charge in [0.2, 0.25) is 5.91 Å². The predicted octanol–water partition coefficient (Wildman–Crippen LogP) is -0.727. The van der Waals surface area contributed by atoms with Gasteiger partial charge in [-0.25, -0.2) is 4.90 Å². The van der Waals surface area contributed by atoms with E-state index in [0.717, 1.165) is 4.90 Å². The molecule has 0 heterocycles. The average molecular weight is 309 g/mol. The van der Waals surface area contributed by atoms with Gasteiger partial charge < -0.3 is 20.9 Å². The zero-order chi connectivity index (χ0) is 16.5. The van der Waals surface area contributed by atoms with Gasteiger partial charge in [-0.2, -0.15) is 0 Å². The molecule has 0 aliphatic carbocycles. The number of benzene rings is 1. The third-order valence-corrected chi connectivity index (χ3v) is 2.61. The number of amides is 3. The van der Waals surface area contributed by atoms with E-state index in [-0.39, 0.29) is 32.1 Å². The van der Waals surface area contributed by atoms with Crippen LogP contribution in [0.15, 0.2) is 24.3 Å². The quantitative estimate of drug-likeness (QED) is 0.362. The van der Waals surface area contributed by atoms with Crippen molar-refractivity contribution in [3.05, 3.63) is 24.3 Å². The molecule has 0 spiro atoms. The smallest absolute Gasteiger partial charge is 0.323 e. The minimum Gasteiger partial charge on any atom is -0.399 e. The number of imide groups is 1. The summed E-state index contributed by atoms with van der Waals surface area (Å²) in [6.45, 7) is 1.44. The first-order chi connectivity index (χ1) is 10.5. The lowest BCUT2D eigenvalue weighted by atomic mass is 10.2. The number of carbonyl (C=O) groups is 3. The zero-order valence-corrected chi connectivity index (χ0v) is 12.2. The molecule has 0 bridgehead atoms. The van der Waals surface area contributed by atoms with Gasteiger partial charge in [0, 0.05) is 19.2 Å². The van der Waals surface area contributed by atoms with Crippen LogP contribution >= 0.6 is 0 Å². The Morgan fingerprint density at radius 3 is 2.64 bits per heavy atom. The molecule has 4 N–H and O–H groups in total. The molecule has 120 valence electrons. The first-order valence-corrected chi connectivity index (χ1v) is 6.64. The molecule has 0 saturated heterocycles. The van der Waals surface area contributed by atoms with E-state index in [4.69, 9.17) is 15.6 Å². The zero-order valence-electron chi connectivity index (χ0n) is 12.2. The minimum atomic E-state index is -1.000. The second-order valence-electron chi connectivity index (χ2n) is 4.35. The molecule has 0 radical (unpaired) electrons. The van der Waals surface area contributed by atoms with Crippen LogP contribution < -0.4 is 16.0 Å². The Hall–Kier alpha value is -2.45. The number of hydrogen-bond acceptors (Lipinski definition) is 6. The van der Waals surface area contributed by atoms with Gasteiger partial charge in [-0.05, 0) is 18.2 Å². The van der Waals surface area contributed by atoms with E-state index >= 15 is 0 Å². The van der Waals surface area contributed by atoms with E-state index in [2.05, 4.69) is 5.32 Å². The molecule has 0 aliphatic rings. The standard InChI is InChI=1S/C14H19N3O5/c1-10(19)17(12-4-2-3-11(15)9-12)14(21)13(20)16-5-7-22-8-6-18/h2-4,9,18H,5-8,15H2,1H3,(H,16,20). The van der Waals surface area contributed by atoms with Gasteiger partial charge in [0.1, 0.15) is 0 Å². The summed E-state index contributed by atoms with van der Waals surface area (Å²) in [5.41, 5.74) is 6.21. The van der Waals surface area contributed by atoms with Gasteiger partial charge in [0.25, 0.3) is 0 Å². The van der Waals surface area contributed by atoms with Crippen LogP contribution in [0, 0.1) is 0 Å². The Bertz CT molecular complexity index is 547. The summed E-state index contributed by atoms with van der Waals surface area (Å²) in [4.78, 5) is 36.3. The molecular formula is C14H19N3O5. The number of carbonyl (C=O) groups excluding carboxylic acids is 3. The number of aliphatic hydroxyl groups excluding tert-OH is 1. The molecule has 22 heavy (non-hydrogen) atoms. The lowest BCUT2D eigenvalue weighted by molar-refractivity contribution is -0.139. The van der Waals surface area contributed by atoms with Crippen LogP contribution in [0.25, 0.3) is 0 Å². The van der Waals surface area contributed by atoms with E-state index in [1.54, 1.807) is 12.1 Å². The first kappa shape index (κ1) is 17.6. The van der Waals surface area contributed by atoms with Crippen molar-refractivity contribution in [2.24, 2.45) is 0 Å². The summed E-state index contributed by atoms with van der Waals surface area (Å²) in [5, 5.41) is 10.9. The highest BCUT2D eigenvalue weighted by molar-refractivity contribution is 6.45. The van der Waals surface area contributed by atoms with Gasteiger partial charge in [0.05, 0.1) is 25.5 Å². The molecule has 3 amide bonds. The van der Waals surface area contributed by atoms with E-state index < -0.39 is 17.7 Å². The number of nitrogens with two attached hydrogens (primary N) is 1. The van der Waals surface area contributed by atoms with Crippen LogP contribution in [0.5, 0.6) is 0 Å². The van der Waals surface area contributed by atoms with Crippen LogP contribution in [0.1, 0.15) is 6.92 Å². The van der Waals surface area contributed by atoms with Gasteiger partial charge in [-0.15, -0.1) is 0 Å². The van der Waals surface area contributed by atoms with Crippen LogP contribution in [0.2, 0.25) is 0 Å². The highest BCUT2D eigenvalue weighted by atomic mass is 16.5. The van der Waals surface area contributed by atoms with Crippen molar-refractivity contribution in [3.63, 3.8) is 0 Å². The lowest BCUT2D eigenvalue weighted by Gasteiger charge is -2.19. The molecule has 0 unspecified atom stereocenters. The fourth-order valence-corrected chi connectivity index (χ4v) is 1.69. The number of nitrogens with zero attached hydrogens (tertiary/aromatic N) is 1. The summed E-state index contributed by atoms with van der Waals surface area (Å²) in [6, 6.07) is 6.11. The molecule has 1 rings (SSSR count). The second-order valence-corrected chi connectivity index (χ2v) is 4.35. The molecule has 1 aromatic rings. The average Bonchev–Trinajstić information content (AvgIpc) is 2.46. The van der Waals surface area contributed by atoms with Gasteiger partial charge in [-0.3, -0.25) is 14.4 Å². The van der Waals surface area contributed by atoms with Crippen molar-refractivity contribution in [2.45, 2.75) is 6.92 Å². The number of anilines is 2. The summed E-state index contributed by atoms with van der Waals surface area (Å²) in [7, 11) is 0. The van der Waals surface area contributed by atoms with Crippen LogP contribution in [0.4, 0.5) is 11.4 Å². The molecule has 1 aromatic carbocycles. The predicted molar refractivity (Wildman–Crippen MR) is 79.9 cm³/mol. The Labute approximate surface area is 127 Å². The molecule has 0 aromatic heterocycles. The maximum atomic E-state index is 12.1. The topological polar surface area (TPSA) is 122 Å². The second kappa shape index (κ2) is 8.75. The number of rotatable bonds is 6. The monoisotopic (exact) mass is 309 g/mol. The van der Waals surface area contributed by atoms with Crippen molar-refractivity contribution < 1.29 is 24.2 Å². The van der Waals surface area contributed by atoms with Crippen molar-refractivity contribution in [3.8, 4) is 0 Å². The van der Waals surface area contributed by atoms with Crippen molar-refractivity contribution in [1.82, 2.24) is 5.32 Å². The molecular weight excluding hydrogens is 290 g/mol. The van der Waals surface area contributed by atoms with Crippen molar-refractivity contribution >= 4 is 29.1 Å². The number of nitrogen functional groups attached to an aromatic ring is 1. The van der Waals surface area contributed by atoms with Crippen LogP contribution in [0.3, 0.4) is 0 Å². The largest absolute Gasteiger partial charge is 0.399 e. The lowest BCUT2D eigenvalue weighted by Crippen LogP contribution is -2.46. The molecule has 0 aliphatic heterocycles. The van der Waals surface area contributed by atoms with Gasteiger partial charge in [0.15, 0.2) is 0 Å². The maximum absolute atomic E-state index is 12.1. The van der Waals surface area contributed by atoms with E-state index in [1.807, 2.05) is 0 Å². The van der Waals surface area contributed by atoms with E-state index in [9.17, 15) is 14.4 Å². The fourth-order valence-electron chi connectivity index (χ4n) is 1.69. The highest BCUT2D eigenvalue weighted by Crippen LogP contribution is 2.18. The number of ether oxygens (including phenoxy) is 1. The molecule has 0 fully saturated rings. The number of nitrogens with one attached hydrogen (secondary N) is 1. The molecule has 8 nitrogen and oxygen atoms in total. The van der Waals surface area contributed by atoms with Crippen LogP contribution in [-0.2, 0) is 19.1 Å². The third-order valence-electron chi connectivity index (χ3n) is 2.61. The third kappa shape index (κ3) is 5.15. The molecule has 0 saturated carbocycles. The van der Waals surface area contributed by atoms with Gasteiger partial charge >= 0.3 is 11.8 Å². The Balaban J connectivity index is 2.69. The highest BCUT2D eigenvalue weighted by Gasteiger charge is 2.26. The summed E-state index contributed by atoms with van der Waals surface area (Å²) in [5.74, 6) is -2.52. The number of aliphatic hydroxyl groups is 1. The van der Waals surface area contributed by atoms with Gasteiger partial charge in [-0.1, -0.05) is 6.07 Å². The summed E-state index contributed by atoms with van der Waals surface area (Å²) >= 11 is 0. The summed E-state index contributed by atoms with van der Waals surface area (Å²) in [6.07, 6.45) is 0. The van der Waals surface area contributed by atoms with Crippen LogP contribution in [-0.4, -0.2) is 49.2 Å². The Morgan fingerprint density at radius 2 is 2.05 bits per heavy atom. The number of hydrogen-bond donors (Lipinski definition) is 3. The maximum Gasteiger partial charge on any atom is 0.323 e. The normalized spacial score (nSPS) is 10.1. The van der Waals surface area contributed by atoms with E-state index in [1.165, 1.54) is 19.1 Å². The van der Waals surface area contributed by atoms with E-state index in [0.29, 0.717) is 5.69 Å². The fraction of sp³-hybridized carbons (Fsp3) is 0.357. The SMILES string of the molecule is CC(=O)N(C(=O)C(=O)NCCOCCO)c1cccc(N)c1.